The molecule has 1 aromatic heterocycles. The topological polar surface area (TPSA) is 43.4 Å². The van der Waals surface area contributed by atoms with Crippen LogP contribution < -0.4 is 0 Å². The molecule has 2 rings (SSSR count). The molecule has 0 spiro atoms. The summed E-state index contributed by atoms with van der Waals surface area (Å²) in [5.74, 6) is -0.104. The zero-order valence-corrected chi connectivity index (χ0v) is 12.2. The Hall–Kier alpha value is -0.810. The van der Waals surface area contributed by atoms with Gasteiger partial charge in [-0.15, -0.1) is 23.1 Å². The van der Waals surface area contributed by atoms with E-state index in [1.165, 1.54) is 11.3 Å². The fraction of sp³-hybridized carbons (Fsp3) is 0.538. The van der Waals surface area contributed by atoms with E-state index in [0.717, 1.165) is 34.6 Å². The molecule has 0 bridgehead atoms. The number of ether oxygens (including phenoxy) is 1. The van der Waals surface area contributed by atoms with Gasteiger partial charge in [0, 0.05) is 12.0 Å². The molecule has 0 radical (unpaired) electrons. The number of hydrogen-bond acceptors (Lipinski definition) is 5. The Balaban J connectivity index is 2.49. The summed E-state index contributed by atoms with van der Waals surface area (Å²) in [7, 11) is 0. The lowest BCUT2D eigenvalue weighted by molar-refractivity contribution is 0.0531. The summed E-state index contributed by atoms with van der Waals surface area (Å²) in [5, 5.41) is 0. The van der Waals surface area contributed by atoms with Crippen LogP contribution in [-0.4, -0.2) is 24.6 Å². The van der Waals surface area contributed by atoms with Crippen LogP contribution in [-0.2, 0) is 11.2 Å². The predicted octanol–water partition coefficient (Wildman–Crippen LogP) is 3.56. The number of rotatable bonds is 3. The number of ketones is 1. The summed E-state index contributed by atoms with van der Waals surface area (Å²) >= 11 is 2.95. The van der Waals surface area contributed by atoms with Crippen molar-refractivity contribution in [1.82, 2.24) is 0 Å². The largest absolute Gasteiger partial charge is 0.462 e. The molecule has 0 saturated carbocycles. The van der Waals surface area contributed by atoms with E-state index in [0.29, 0.717) is 17.9 Å². The van der Waals surface area contributed by atoms with Gasteiger partial charge in [-0.05, 0) is 38.0 Å². The van der Waals surface area contributed by atoms with Gasteiger partial charge >= 0.3 is 5.97 Å². The van der Waals surface area contributed by atoms with Gasteiger partial charge in [0.15, 0.2) is 5.78 Å². The van der Waals surface area contributed by atoms with Crippen molar-refractivity contribution in [2.24, 2.45) is 0 Å². The molecular weight excluding hydrogens is 268 g/mol. The Kier molecular flexibility index (Phi) is 4.45. The first-order chi connectivity index (χ1) is 8.69. The molecule has 98 valence electrons. The third kappa shape index (κ3) is 2.47. The lowest BCUT2D eigenvalue weighted by atomic mass is 10.1. The monoisotopic (exact) mass is 284 g/mol. The third-order valence-corrected chi connectivity index (χ3v) is 5.31. The van der Waals surface area contributed by atoms with Crippen LogP contribution in [0.15, 0.2) is 4.21 Å². The first-order valence-corrected chi connectivity index (χ1v) is 8.13. The summed E-state index contributed by atoms with van der Waals surface area (Å²) in [6, 6.07) is 0. The van der Waals surface area contributed by atoms with Crippen LogP contribution in [0.4, 0.5) is 0 Å². The molecule has 0 unspecified atom stereocenters. The average molecular weight is 284 g/mol. The van der Waals surface area contributed by atoms with E-state index in [1.807, 2.05) is 6.26 Å². The van der Waals surface area contributed by atoms with Gasteiger partial charge in [-0.3, -0.25) is 4.79 Å². The molecule has 1 heterocycles. The van der Waals surface area contributed by atoms with E-state index in [9.17, 15) is 9.59 Å². The zero-order valence-electron chi connectivity index (χ0n) is 10.6. The number of Topliss-reactive ketones (excluding diaryl/α,β-unsaturated/α-hetero) is 1. The molecule has 1 aliphatic rings. The van der Waals surface area contributed by atoms with Crippen LogP contribution in [0.5, 0.6) is 0 Å². The van der Waals surface area contributed by atoms with Gasteiger partial charge in [-0.25, -0.2) is 4.79 Å². The van der Waals surface area contributed by atoms with Crippen molar-refractivity contribution >= 4 is 34.9 Å². The van der Waals surface area contributed by atoms with Crippen molar-refractivity contribution in [1.29, 1.82) is 0 Å². The fourth-order valence-corrected chi connectivity index (χ4v) is 4.20. The summed E-state index contributed by atoms with van der Waals surface area (Å²) in [6.07, 6.45) is 5.23. The number of thiophene rings is 1. The highest BCUT2D eigenvalue weighted by atomic mass is 32.2. The van der Waals surface area contributed by atoms with Crippen LogP contribution in [0.25, 0.3) is 0 Å². The normalized spacial score (nSPS) is 15.1. The van der Waals surface area contributed by atoms with Gasteiger partial charge in [0.25, 0.3) is 0 Å². The van der Waals surface area contributed by atoms with E-state index >= 15 is 0 Å². The summed E-state index contributed by atoms with van der Waals surface area (Å²) in [4.78, 5) is 24.7. The number of thioether (sulfide) groups is 1. The van der Waals surface area contributed by atoms with Crippen molar-refractivity contribution < 1.29 is 14.3 Å². The molecule has 5 heteroatoms. The maximum atomic E-state index is 12.1. The Morgan fingerprint density at radius 2 is 2.11 bits per heavy atom. The van der Waals surface area contributed by atoms with Gasteiger partial charge in [0.1, 0.15) is 4.88 Å². The van der Waals surface area contributed by atoms with Crippen LogP contribution in [0.1, 0.15) is 51.8 Å². The van der Waals surface area contributed by atoms with Gasteiger partial charge in [-0.2, -0.15) is 0 Å². The van der Waals surface area contributed by atoms with Crippen LogP contribution in [0.2, 0.25) is 0 Å². The van der Waals surface area contributed by atoms with Crippen molar-refractivity contribution in [3.8, 4) is 0 Å². The molecular formula is C13H16O3S2. The molecule has 1 aliphatic carbocycles. The van der Waals surface area contributed by atoms with E-state index in [2.05, 4.69) is 0 Å². The molecule has 0 saturated heterocycles. The summed E-state index contributed by atoms with van der Waals surface area (Å²) in [6.45, 7) is 2.17. The first kappa shape index (κ1) is 13.6. The lowest BCUT2D eigenvalue weighted by Crippen LogP contribution is -2.06. The number of fused-ring (bicyclic) bond motifs is 1. The zero-order chi connectivity index (χ0) is 13.1. The highest BCUT2D eigenvalue weighted by Crippen LogP contribution is 2.39. The van der Waals surface area contributed by atoms with E-state index in [1.54, 1.807) is 18.7 Å². The van der Waals surface area contributed by atoms with Crippen molar-refractivity contribution in [3.05, 3.63) is 16.0 Å². The molecule has 3 nitrogen and oxygen atoms in total. The van der Waals surface area contributed by atoms with Crippen molar-refractivity contribution in [3.63, 3.8) is 0 Å². The lowest BCUT2D eigenvalue weighted by Gasteiger charge is -2.03. The van der Waals surface area contributed by atoms with Crippen LogP contribution in [0.3, 0.4) is 0 Å². The standard InChI is InChI=1S/C13H16O3S2/c1-3-16-12(15)11-8-6-4-5-7-9(14)10(8)13(17-2)18-11/h3-7H2,1-2H3. The molecule has 0 amide bonds. The Labute approximate surface area is 115 Å². The number of hydrogen-bond donors (Lipinski definition) is 0. The predicted molar refractivity (Wildman–Crippen MR) is 73.9 cm³/mol. The minimum Gasteiger partial charge on any atom is -0.462 e. The Morgan fingerprint density at radius 3 is 2.78 bits per heavy atom. The summed E-state index contributed by atoms with van der Waals surface area (Å²) < 4.78 is 6.04. The highest BCUT2D eigenvalue weighted by molar-refractivity contribution is 8.00. The molecule has 18 heavy (non-hydrogen) atoms. The average Bonchev–Trinajstić information content (AvgIpc) is 2.63. The number of carbonyl (C=O) groups excluding carboxylic acids is 2. The van der Waals surface area contributed by atoms with Crippen molar-refractivity contribution in [2.45, 2.75) is 36.8 Å². The molecule has 0 aromatic carbocycles. The second-order valence-corrected chi connectivity index (χ2v) is 6.22. The second-order valence-electron chi connectivity index (χ2n) is 4.13. The number of esters is 1. The maximum absolute atomic E-state index is 12.1. The Bertz CT molecular complexity index is 477. The Morgan fingerprint density at radius 1 is 1.39 bits per heavy atom. The molecule has 1 aromatic rings. The maximum Gasteiger partial charge on any atom is 0.348 e. The van der Waals surface area contributed by atoms with Crippen molar-refractivity contribution in [2.75, 3.05) is 12.9 Å². The molecule has 0 atom stereocenters. The summed E-state index contributed by atoms with van der Waals surface area (Å²) in [5.41, 5.74) is 1.71. The molecule has 0 fully saturated rings. The SMILES string of the molecule is CCOC(=O)c1sc(SC)c2c1CCCCC2=O. The third-order valence-electron chi connectivity index (χ3n) is 2.98. The van der Waals surface area contributed by atoms with Crippen LogP contribution >= 0.6 is 23.1 Å². The quantitative estimate of drug-likeness (QED) is 0.483. The van der Waals surface area contributed by atoms with Gasteiger partial charge in [0.2, 0.25) is 0 Å². The van der Waals surface area contributed by atoms with Crippen LogP contribution in [0, 0.1) is 0 Å². The molecule has 0 aliphatic heterocycles. The van der Waals surface area contributed by atoms with Gasteiger partial charge in [-0.1, -0.05) is 0 Å². The van der Waals surface area contributed by atoms with E-state index in [-0.39, 0.29) is 11.8 Å². The highest BCUT2D eigenvalue weighted by Gasteiger charge is 2.28. The number of carbonyl (C=O) groups is 2. The van der Waals surface area contributed by atoms with E-state index < -0.39 is 0 Å². The second kappa shape index (κ2) is 5.89. The minimum atomic E-state index is -0.284. The molecule has 0 N–H and O–H groups in total. The fourth-order valence-electron chi connectivity index (χ4n) is 2.18. The minimum absolute atomic E-state index is 0.179. The van der Waals surface area contributed by atoms with Gasteiger partial charge < -0.3 is 4.74 Å². The smallest absolute Gasteiger partial charge is 0.348 e. The van der Waals surface area contributed by atoms with E-state index in [4.69, 9.17) is 4.74 Å². The first-order valence-electron chi connectivity index (χ1n) is 6.09. The van der Waals surface area contributed by atoms with Gasteiger partial charge in [0.05, 0.1) is 10.8 Å².